The Bertz CT molecular complexity index is 742. The molecule has 0 unspecified atom stereocenters. The Morgan fingerprint density at radius 1 is 0.962 bits per heavy atom. The van der Waals surface area contributed by atoms with Crippen LogP contribution in [0.3, 0.4) is 0 Å². The molecule has 0 atom stereocenters. The minimum absolute atomic E-state index is 0.0166. The molecule has 5 nitrogen and oxygen atoms in total. The number of hydrogen-bond acceptors (Lipinski definition) is 3. The van der Waals surface area contributed by atoms with Gasteiger partial charge in [-0.3, -0.25) is 9.59 Å². The molecule has 138 valence electrons. The highest BCUT2D eigenvalue weighted by Gasteiger charge is 2.21. The molecule has 1 aromatic carbocycles. The number of nitrogens with one attached hydrogen (secondary N) is 1. The van der Waals surface area contributed by atoms with Crippen molar-refractivity contribution in [3.8, 4) is 0 Å². The first kappa shape index (κ1) is 19.6. The number of nitrogens with zero attached hydrogens (tertiary/aromatic N) is 2. The zero-order chi connectivity index (χ0) is 19.1. The van der Waals surface area contributed by atoms with E-state index in [0.29, 0.717) is 19.0 Å². The molecule has 0 saturated carbocycles. The minimum atomic E-state index is -0.257. The van der Waals surface area contributed by atoms with Crippen LogP contribution in [-0.4, -0.2) is 34.3 Å². The van der Waals surface area contributed by atoms with E-state index < -0.39 is 0 Å². The summed E-state index contributed by atoms with van der Waals surface area (Å²) in [4.78, 5) is 31.2. The van der Waals surface area contributed by atoms with Crippen molar-refractivity contribution in [2.24, 2.45) is 5.92 Å². The lowest BCUT2D eigenvalue weighted by Crippen LogP contribution is -2.37. The number of pyridine rings is 1. The van der Waals surface area contributed by atoms with Crippen LogP contribution in [0.25, 0.3) is 0 Å². The van der Waals surface area contributed by atoms with Gasteiger partial charge in [0, 0.05) is 19.1 Å². The molecule has 0 aliphatic heterocycles. The number of amides is 2. The van der Waals surface area contributed by atoms with E-state index in [9.17, 15) is 9.59 Å². The van der Waals surface area contributed by atoms with Crippen LogP contribution < -0.4 is 5.32 Å². The van der Waals surface area contributed by atoms with Crippen LogP contribution >= 0.6 is 0 Å². The van der Waals surface area contributed by atoms with Gasteiger partial charge in [-0.2, -0.15) is 0 Å². The van der Waals surface area contributed by atoms with Gasteiger partial charge in [-0.1, -0.05) is 50.2 Å². The van der Waals surface area contributed by atoms with Crippen molar-refractivity contribution >= 4 is 11.8 Å². The summed E-state index contributed by atoms with van der Waals surface area (Å²) in [5, 5.41) is 2.83. The second-order valence-corrected chi connectivity index (χ2v) is 7.02. The van der Waals surface area contributed by atoms with Gasteiger partial charge in [0.25, 0.3) is 11.8 Å². The van der Waals surface area contributed by atoms with Crippen LogP contribution in [0.2, 0.25) is 0 Å². The third kappa shape index (κ3) is 5.41. The Labute approximate surface area is 155 Å². The summed E-state index contributed by atoms with van der Waals surface area (Å²) in [6, 6.07) is 14.8. The number of aromatic nitrogens is 1. The van der Waals surface area contributed by atoms with Crippen molar-refractivity contribution in [1.29, 1.82) is 0 Å². The molecular formula is C21H27N3O2. The predicted octanol–water partition coefficient (Wildman–Crippen LogP) is 3.52. The average Bonchev–Trinajstić information content (AvgIpc) is 2.64. The van der Waals surface area contributed by atoms with Crippen LogP contribution in [0.15, 0.2) is 48.5 Å². The largest absolute Gasteiger partial charge is 0.350 e. The maximum absolute atomic E-state index is 13.0. The van der Waals surface area contributed by atoms with Crippen molar-refractivity contribution < 1.29 is 9.59 Å². The lowest BCUT2D eigenvalue weighted by atomic mass is 10.1. The maximum atomic E-state index is 13.0. The van der Waals surface area contributed by atoms with Gasteiger partial charge in [0.1, 0.15) is 11.4 Å². The minimum Gasteiger partial charge on any atom is -0.350 e. The Morgan fingerprint density at radius 3 is 2.23 bits per heavy atom. The molecule has 26 heavy (non-hydrogen) atoms. The van der Waals surface area contributed by atoms with Crippen molar-refractivity contribution in [2.75, 3.05) is 6.54 Å². The molecule has 2 aromatic rings. The number of rotatable bonds is 7. The summed E-state index contributed by atoms with van der Waals surface area (Å²) in [6.45, 7) is 9.07. The summed E-state index contributed by atoms with van der Waals surface area (Å²) in [6.07, 6.45) is 0. The normalized spacial score (nSPS) is 10.8. The lowest BCUT2D eigenvalue weighted by Gasteiger charge is -2.26. The number of hydrogen-bond donors (Lipinski definition) is 1. The van der Waals surface area contributed by atoms with E-state index in [0.717, 1.165) is 5.56 Å². The van der Waals surface area contributed by atoms with Crippen LogP contribution in [0.5, 0.6) is 0 Å². The third-order valence-electron chi connectivity index (χ3n) is 3.95. The van der Waals surface area contributed by atoms with E-state index in [-0.39, 0.29) is 29.2 Å². The van der Waals surface area contributed by atoms with Gasteiger partial charge in [0.2, 0.25) is 0 Å². The Hall–Kier alpha value is -2.69. The first-order chi connectivity index (χ1) is 12.4. The fourth-order valence-corrected chi connectivity index (χ4v) is 2.48. The highest BCUT2D eigenvalue weighted by molar-refractivity contribution is 5.96. The first-order valence-corrected chi connectivity index (χ1v) is 8.98. The number of carbonyl (C=O) groups is 2. The van der Waals surface area contributed by atoms with Crippen molar-refractivity contribution in [1.82, 2.24) is 15.2 Å². The topological polar surface area (TPSA) is 62.3 Å². The zero-order valence-electron chi connectivity index (χ0n) is 15.9. The van der Waals surface area contributed by atoms with E-state index in [1.807, 2.05) is 58.0 Å². The van der Waals surface area contributed by atoms with E-state index in [1.165, 1.54) is 0 Å². The second kappa shape index (κ2) is 9.13. The van der Waals surface area contributed by atoms with Gasteiger partial charge >= 0.3 is 0 Å². The SMILES string of the molecule is CC(C)CNC(=O)c1cccc(C(=O)N(Cc2ccccc2)C(C)C)n1. The Balaban J connectivity index is 2.18. The second-order valence-electron chi connectivity index (χ2n) is 7.02. The number of carbonyl (C=O) groups excluding carboxylic acids is 2. The molecule has 0 aliphatic carbocycles. The summed E-state index contributed by atoms with van der Waals surface area (Å²) < 4.78 is 0. The molecular weight excluding hydrogens is 326 g/mol. The lowest BCUT2D eigenvalue weighted by molar-refractivity contribution is 0.0684. The molecule has 1 heterocycles. The molecule has 5 heteroatoms. The smallest absolute Gasteiger partial charge is 0.273 e. The molecule has 0 radical (unpaired) electrons. The van der Waals surface area contributed by atoms with E-state index in [1.54, 1.807) is 23.1 Å². The van der Waals surface area contributed by atoms with Crippen LogP contribution in [0.4, 0.5) is 0 Å². The standard InChI is InChI=1S/C21H27N3O2/c1-15(2)13-22-20(25)18-11-8-12-19(23-18)21(26)24(16(3)4)14-17-9-6-5-7-10-17/h5-12,15-16H,13-14H2,1-4H3,(H,22,25). The fourth-order valence-electron chi connectivity index (χ4n) is 2.48. The van der Waals surface area contributed by atoms with E-state index >= 15 is 0 Å². The highest BCUT2D eigenvalue weighted by Crippen LogP contribution is 2.13. The predicted molar refractivity (Wildman–Crippen MR) is 103 cm³/mol. The van der Waals surface area contributed by atoms with Gasteiger partial charge in [-0.25, -0.2) is 4.98 Å². The third-order valence-corrected chi connectivity index (χ3v) is 3.95. The fraction of sp³-hybridized carbons (Fsp3) is 0.381. The summed E-state index contributed by atoms with van der Waals surface area (Å²) in [5.41, 5.74) is 1.60. The molecule has 0 fully saturated rings. The molecule has 0 bridgehead atoms. The molecule has 0 saturated heterocycles. The molecule has 1 N–H and O–H groups in total. The van der Waals surface area contributed by atoms with Gasteiger partial charge in [-0.05, 0) is 37.5 Å². The van der Waals surface area contributed by atoms with Crippen LogP contribution in [-0.2, 0) is 6.54 Å². The summed E-state index contributed by atoms with van der Waals surface area (Å²) in [5.74, 6) is -0.0825. The van der Waals surface area contributed by atoms with E-state index in [2.05, 4.69) is 10.3 Å². The van der Waals surface area contributed by atoms with Gasteiger partial charge in [0.15, 0.2) is 0 Å². The monoisotopic (exact) mass is 353 g/mol. The molecule has 0 aliphatic rings. The Kier molecular flexibility index (Phi) is 6.89. The molecule has 2 amide bonds. The van der Waals surface area contributed by atoms with Gasteiger partial charge < -0.3 is 10.2 Å². The highest BCUT2D eigenvalue weighted by atomic mass is 16.2. The average molecular weight is 353 g/mol. The maximum Gasteiger partial charge on any atom is 0.273 e. The molecule has 2 rings (SSSR count). The zero-order valence-corrected chi connectivity index (χ0v) is 15.9. The van der Waals surface area contributed by atoms with Crippen molar-refractivity contribution in [3.63, 3.8) is 0 Å². The van der Waals surface area contributed by atoms with Gasteiger partial charge in [0.05, 0.1) is 0 Å². The van der Waals surface area contributed by atoms with Gasteiger partial charge in [-0.15, -0.1) is 0 Å². The van der Waals surface area contributed by atoms with E-state index in [4.69, 9.17) is 0 Å². The molecule has 1 aromatic heterocycles. The summed E-state index contributed by atoms with van der Waals surface area (Å²) >= 11 is 0. The van der Waals surface area contributed by atoms with Crippen LogP contribution in [0.1, 0.15) is 54.2 Å². The first-order valence-electron chi connectivity index (χ1n) is 8.98. The van der Waals surface area contributed by atoms with Crippen molar-refractivity contribution in [2.45, 2.75) is 40.3 Å². The van der Waals surface area contributed by atoms with Crippen LogP contribution in [0, 0.1) is 5.92 Å². The molecule has 0 spiro atoms. The number of benzene rings is 1. The summed E-state index contributed by atoms with van der Waals surface area (Å²) in [7, 11) is 0. The van der Waals surface area contributed by atoms with Crippen molar-refractivity contribution in [3.05, 3.63) is 65.5 Å². The quantitative estimate of drug-likeness (QED) is 0.828. The Morgan fingerprint density at radius 2 is 1.62 bits per heavy atom.